The number of piperazine rings is 1. The Bertz CT molecular complexity index is 822. The summed E-state index contributed by atoms with van der Waals surface area (Å²) in [4.78, 5) is 31.3. The van der Waals surface area contributed by atoms with Gasteiger partial charge in [0.1, 0.15) is 11.9 Å². The number of nitrogens with zero attached hydrogens (tertiary/aromatic N) is 3. The molecule has 1 saturated heterocycles. The number of aromatic nitrogens is 2. The lowest BCUT2D eigenvalue weighted by Crippen LogP contribution is -2.49. The summed E-state index contributed by atoms with van der Waals surface area (Å²) in [7, 11) is 1.93. The van der Waals surface area contributed by atoms with Gasteiger partial charge in [0.05, 0.1) is 0 Å². The van der Waals surface area contributed by atoms with Gasteiger partial charge in [0.2, 0.25) is 0 Å². The lowest BCUT2D eigenvalue weighted by Gasteiger charge is -2.35. The Morgan fingerprint density at radius 2 is 2.11 bits per heavy atom. The first kappa shape index (κ1) is 21.7. The van der Waals surface area contributed by atoms with Crippen molar-refractivity contribution < 1.29 is 9.59 Å². The number of rotatable bonds is 4. The number of imidazole rings is 1. The summed E-state index contributed by atoms with van der Waals surface area (Å²) in [6, 6.07) is 6.63. The van der Waals surface area contributed by atoms with Gasteiger partial charge in [-0.1, -0.05) is 6.07 Å². The number of benzene rings is 1. The van der Waals surface area contributed by atoms with E-state index in [0.717, 1.165) is 12.4 Å². The molecule has 0 bridgehead atoms. The van der Waals surface area contributed by atoms with Crippen LogP contribution in [-0.2, 0) is 7.05 Å². The minimum Gasteiger partial charge on any atom is -0.336 e. The maximum absolute atomic E-state index is 13.2. The number of hydrogen-bond donors (Lipinski definition) is 3. The van der Waals surface area contributed by atoms with Crippen molar-refractivity contribution in [2.75, 3.05) is 25.0 Å². The molecule has 28 heavy (non-hydrogen) atoms. The van der Waals surface area contributed by atoms with Crippen molar-refractivity contribution >= 4 is 30.0 Å². The molecule has 9 heteroatoms. The Labute approximate surface area is 171 Å². The van der Waals surface area contributed by atoms with Gasteiger partial charge in [-0.25, -0.2) is 9.78 Å². The maximum Gasteiger partial charge on any atom is 0.319 e. The summed E-state index contributed by atoms with van der Waals surface area (Å²) >= 11 is 0. The molecule has 0 spiro atoms. The Morgan fingerprint density at radius 3 is 2.79 bits per heavy atom. The highest BCUT2D eigenvalue weighted by Crippen LogP contribution is 2.23. The molecule has 8 nitrogen and oxygen atoms in total. The van der Waals surface area contributed by atoms with Crippen molar-refractivity contribution in [2.45, 2.75) is 25.9 Å². The number of hydrogen-bond acceptors (Lipinski definition) is 4. The zero-order valence-electron chi connectivity index (χ0n) is 16.3. The predicted molar refractivity (Wildman–Crippen MR) is 111 cm³/mol. The van der Waals surface area contributed by atoms with Crippen molar-refractivity contribution in [1.29, 1.82) is 0 Å². The number of amides is 3. The van der Waals surface area contributed by atoms with E-state index < -0.39 is 0 Å². The average molecular weight is 407 g/mol. The van der Waals surface area contributed by atoms with Crippen LogP contribution in [0.25, 0.3) is 0 Å². The number of nitrogens with one attached hydrogen (secondary N) is 3. The van der Waals surface area contributed by atoms with E-state index in [1.807, 2.05) is 36.6 Å². The van der Waals surface area contributed by atoms with Crippen molar-refractivity contribution in [3.05, 3.63) is 48.0 Å². The number of halogens is 1. The van der Waals surface area contributed by atoms with E-state index in [2.05, 4.69) is 20.9 Å². The topological polar surface area (TPSA) is 91.3 Å². The van der Waals surface area contributed by atoms with Gasteiger partial charge < -0.3 is 25.4 Å². The minimum absolute atomic E-state index is 0. The molecule has 3 amide bonds. The van der Waals surface area contributed by atoms with Gasteiger partial charge in [0, 0.05) is 56.4 Å². The first-order valence-corrected chi connectivity index (χ1v) is 9.12. The van der Waals surface area contributed by atoms with Crippen LogP contribution in [0.15, 0.2) is 36.7 Å². The number of anilines is 1. The van der Waals surface area contributed by atoms with Crippen molar-refractivity contribution in [3.63, 3.8) is 0 Å². The van der Waals surface area contributed by atoms with Crippen LogP contribution in [0.1, 0.15) is 36.1 Å². The summed E-state index contributed by atoms with van der Waals surface area (Å²) < 4.78 is 1.94. The molecule has 1 aliphatic heterocycles. The monoisotopic (exact) mass is 406 g/mol. The quantitative estimate of drug-likeness (QED) is 0.725. The molecule has 1 aliphatic rings. The Morgan fingerprint density at radius 1 is 1.32 bits per heavy atom. The van der Waals surface area contributed by atoms with Crippen LogP contribution in [0, 0.1) is 0 Å². The van der Waals surface area contributed by atoms with E-state index in [0.29, 0.717) is 24.3 Å². The molecule has 1 aromatic carbocycles. The highest BCUT2D eigenvalue weighted by Gasteiger charge is 2.31. The number of aryl methyl sites for hydroxylation is 1. The van der Waals surface area contributed by atoms with Gasteiger partial charge in [0.25, 0.3) is 5.91 Å². The van der Waals surface area contributed by atoms with Gasteiger partial charge in [-0.05, 0) is 32.0 Å². The second-order valence-electron chi connectivity index (χ2n) is 6.95. The third kappa shape index (κ3) is 5.02. The molecule has 152 valence electrons. The summed E-state index contributed by atoms with van der Waals surface area (Å²) in [5.41, 5.74) is 1.13. The van der Waals surface area contributed by atoms with Crippen molar-refractivity contribution in [2.24, 2.45) is 7.05 Å². The standard InChI is InChI=1S/C19H26N6O2.ClH/c1-13(2)22-19(27)23-15-6-4-5-14(11-15)18(26)25-10-7-20-12-16(25)17-21-8-9-24(17)3;/h4-6,8-9,11,13,16,20H,7,10,12H2,1-3H3,(H2,22,23,27);1H. The molecule has 2 heterocycles. The molecule has 1 atom stereocenters. The highest BCUT2D eigenvalue weighted by molar-refractivity contribution is 5.97. The second-order valence-corrected chi connectivity index (χ2v) is 6.95. The van der Waals surface area contributed by atoms with E-state index in [1.165, 1.54) is 0 Å². The summed E-state index contributed by atoms with van der Waals surface area (Å²) in [6.07, 6.45) is 3.62. The van der Waals surface area contributed by atoms with E-state index in [1.54, 1.807) is 30.5 Å². The third-order valence-electron chi connectivity index (χ3n) is 4.45. The van der Waals surface area contributed by atoms with Crippen LogP contribution >= 0.6 is 12.4 Å². The van der Waals surface area contributed by atoms with Crippen LogP contribution in [0.5, 0.6) is 0 Å². The largest absolute Gasteiger partial charge is 0.336 e. The number of carbonyl (C=O) groups is 2. The Balaban J connectivity index is 0.00000280. The molecule has 2 aromatic rings. The fraction of sp³-hybridized carbons (Fsp3) is 0.421. The van der Waals surface area contributed by atoms with Crippen molar-refractivity contribution in [3.8, 4) is 0 Å². The Kier molecular flexibility index (Phi) is 7.42. The summed E-state index contributed by atoms with van der Waals surface area (Å²) in [6.45, 7) is 5.78. The lowest BCUT2D eigenvalue weighted by molar-refractivity contribution is 0.0621. The van der Waals surface area contributed by atoms with Gasteiger partial charge in [-0.2, -0.15) is 0 Å². The van der Waals surface area contributed by atoms with E-state index >= 15 is 0 Å². The lowest BCUT2D eigenvalue weighted by atomic mass is 10.1. The minimum atomic E-state index is -0.289. The van der Waals surface area contributed by atoms with E-state index in [9.17, 15) is 9.59 Å². The van der Waals surface area contributed by atoms with Crippen LogP contribution in [0.2, 0.25) is 0 Å². The molecule has 3 N–H and O–H groups in total. The van der Waals surface area contributed by atoms with Crippen LogP contribution in [-0.4, -0.2) is 52.1 Å². The van der Waals surface area contributed by atoms with Crippen LogP contribution in [0.3, 0.4) is 0 Å². The van der Waals surface area contributed by atoms with E-state index in [-0.39, 0.29) is 36.4 Å². The number of urea groups is 1. The molecular weight excluding hydrogens is 380 g/mol. The molecule has 1 aromatic heterocycles. The predicted octanol–water partition coefficient (Wildman–Crippen LogP) is 2.16. The molecule has 1 unspecified atom stereocenters. The van der Waals surface area contributed by atoms with Gasteiger partial charge in [0.15, 0.2) is 0 Å². The molecule has 3 rings (SSSR count). The first-order chi connectivity index (χ1) is 13.0. The fourth-order valence-corrected chi connectivity index (χ4v) is 3.20. The van der Waals surface area contributed by atoms with Crippen LogP contribution < -0.4 is 16.0 Å². The zero-order valence-corrected chi connectivity index (χ0v) is 17.1. The SMILES string of the molecule is CC(C)NC(=O)Nc1cccc(C(=O)N2CCNCC2c2nccn2C)c1.Cl. The van der Waals surface area contributed by atoms with Gasteiger partial charge in [-0.3, -0.25) is 4.79 Å². The molecule has 0 saturated carbocycles. The maximum atomic E-state index is 13.2. The van der Waals surface area contributed by atoms with Gasteiger partial charge >= 0.3 is 6.03 Å². The van der Waals surface area contributed by atoms with Crippen molar-refractivity contribution in [1.82, 2.24) is 25.1 Å². The normalized spacial score (nSPS) is 16.4. The molecule has 0 aliphatic carbocycles. The van der Waals surface area contributed by atoms with Gasteiger partial charge in [-0.15, -0.1) is 12.4 Å². The summed E-state index contributed by atoms with van der Waals surface area (Å²) in [5, 5.41) is 8.87. The average Bonchev–Trinajstić information content (AvgIpc) is 3.06. The highest BCUT2D eigenvalue weighted by atomic mass is 35.5. The fourth-order valence-electron chi connectivity index (χ4n) is 3.20. The second kappa shape index (κ2) is 9.57. The zero-order chi connectivity index (χ0) is 19.4. The summed E-state index contributed by atoms with van der Waals surface area (Å²) in [5.74, 6) is 0.776. The molecule has 1 fully saturated rings. The first-order valence-electron chi connectivity index (χ1n) is 9.12. The molecule has 0 radical (unpaired) electrons. The number of carbonyl (C=O) groups excluding carboxylic acids is 2. The molecular formula is C19H27ClN6O2. The Hall–Kier alpha value is -2.58. The smallest absolute Gasteiger partial charge is 0.319 e. The third-order valence-corrected chi connectivity index (χ3v) is 4.45. The van der Waals surface area contributed by atoms with E-state index in [4.69, 9.17) is 0 Å². The van der Waals surface area contributed by atoms with Crippen LogP contribution in [0.4, 0.5) is 10.5 Å².